The average Bonchev–Trinajstić information content (AvgIpc) is 2.77. The number of hydrogen-bond acceptors (Lipinski definition) is 4. The smallest absolute Gasteiger partial charge is 0.265 e. The molecular formula is C24H34N2O4S. The Morgan fingerprint density at radius 2 is 1.58 bits per heavy atom. The third-order valence-electron chi connectivity index (χ3n) is 5.40. The Hall–Kier alpha value is -2.38. The van der Waals surface area contributed by atoms with Crippen LogP contribution in [0.4, 0.5) is 5.69 Å². The van der Waals surface area contributed by atoms with Crippen LogP contribution in [0, 0.1) is 0 Å². The Morgan fingerprint density at radius 3 is 2.16 bits per heavy atom. The Balaban J connectivity index is 2.10. The number of benzene rings is 2. The van der Waals surface area contributed by atoms with Crippen molar-refractivity contribution in [3.63, 3.8) is 0 Å². The van der Waals surface area contributed by atoms with Crippen LogP contribution in [0.25, 0.3) is 0 Å². The molecule has 2 aromatic carbocycles. The van der Waals surface area contributed by atoms with E-state index in [0.717, 1.165) is 17.7 Å². The fraction of sp³-hybridized carbons (Fsp3) is 0.458. The average molecular weight is 447 g/mol. The molecule has 3 unspecified atom stereocenters. The van der Waals surface area contributed by atoms with Gasteiger partial charge in [-0.15, -0.1) is 0 Å². The SMILES string of the molecule is CCC(C)NS(=O)(=O)c1ccc(NC(=O)C(CC)Oc2ccccc2C(C)CC)cc1. The molecule has 0 aromatic heterocycles. The molecular weight excluding hydrogens is 412 g/mol. The van der Waals surface area contributed by atoms with Crippen molar-refractivity contribution in [3.05, 3.63) is 54.1 Å². The monoisotopic (exact) mass is 446 g/mol. The molecule has 0 aliphatic rings. The van der Waals surface area contributed by atoms with Crippen molar-refractivity contribution >= 4 is 21.6 Å². The number of sulfonamides is 1. The van der Waals surface area contributed by atoms with Gasteiger partial charge in [-0.25, -0.2) is 13.1 Å². The second-order valence-electron chi connectivity index (χ2n) is 7.81. The first-order valence-corrected chi connectivity index (χ1v) is 12.4. The molecule has 0 radical (unpaired) electrons. The van der Waals surface area contributed by atoms with E-state index in [1.807, 2.05) is 45.0 Å². The number of amides is 1. The Labute approximate surface area is 186 Å². The lowest BCUT2D eigenvalue weighted by molar-refractivity contribution is -0.122. The third-order valence-corrected chi connectivity index (χ3v) is 7.00. The van der Waals surface area contributed by atoms with E-state index in [4.69, 9.17) is 4.74 Å². The van der Waals surface area contributed by atoms with E-state index in [1.165, 1.54) is 12.1 Å². The van der Waals surface area contributed by atoms with Gasteiger partial charge in [0.1, 0.15) is 5.75 Å². The van der Waals surface area contributed by atoms with Gasteiger partial charge >= 0.3 is 0 Å². The Bertz CT molecular complexity index is 958. The topological polar surface area (TPSA) is 84.5 Å². The fourth-order valence-electron chi connectivity index (χ4n) is 3.05. The molecule has 0 saturated heterocycles. The predicted molar refractivity (Wildman–Crippen MR) is 125 cm³/mol. The zero-order valence-electron chi connectivity index (χ0n) is 19.0. The van der Waals surface area contributed by atoms with Crippen LogP contribution in [-0.2, 0) is 14.8 Å². The van der Waals surface area contributed by atoms with Crippen LogP contribution in [0.1, 0.15) is 65.4 Å². The van der Waals surface area contributed by atoms with E-state index >= 15 is 0 Å². The van der Waals surface area contributed by atoms with E-state index in [9.17, 15) is 13.2 Å². The highest BCUT2D eigenvalue weighted by molar-refractivity contribution is 7.89. The van der Waals surface area contributed by atoms with Gasteiger partial charge in [0.05, 0.1) is 4.90 Å². The zero-order chi connectivity index (χ0) is 23.0. The van der Waals surface area contributed by atoms with Gasteiger partial charge in [-0.1, -0.05) is 45.9 Å². The van der Waals surface area contributed by atoms with Gasteiger partial charge in [-0.2, -0.15) is 0 Å². The number of anilines is 1. The van der Waals surface area contributed by atoms with E-state index in [-0.39, 0.29) is 16.8 Å². The maximum absolute atomic E-state index is 12.8. The van der Waals surface area contributed by atoms with Crippen molar-refractivity contribution in [2.24, 2.45) is 0 Å². The number of carbonyl (C=O) groups excluding carboxylic acids is 1. The van der Waals surface area contributed by atoms with Crippen LogP contribution in [0.15, 0.2) is 53.4 Å². The number of rotatable bonds is 11. The summed E-state index contributed by atoms with van der Waals surface area (Å²) in [5.74, 6) is 0.779. The molecule has 2 aromatic rings. The van der Waals surface area contributed by atoms with Gasteiger partial charge < -0.3 is 10.1 Å². The lowest BCUT2D eigenvalue weighted by Crippen LogP contribution is -2.33. The molecule has 170 valence electrons. The molecule has 2 rings (SSSR count). The van der Waals surface area contributed by atoms with Crippen molar-refractivity contribution in [2.45, 2.75) is 76.8 Å². The molecule has 3 atom stereocenters. The molecule has 0 aliphatic heterocycles. The highest BCUT2D eigenvalue weighted by atomic mass is 32.2. The summed E-state index contributed by atoms with van der Waals surface area (Å²) in [6, 6.07) is 13.8. The lowest BCUT2D eigenvalue weighted by atomic mass is 9.98. The molecule has 7 heteroatoms. The molecule has 0 heterocycles. The standard InChI is InChI=1S/C24H34N2O4S/c1-6-17(4)21-11-9-10-12-23(21)30-22(8-3)24(27)25-19-13-15-20(16-14-19)31(28,29)26-18(5)7-2/h9-18,22,26H,6-8H2,1-5H3,(H,25,27). The van der Waals surface area contributed by atoms with Crippen molar-refractivity contribution in [2.75, 3.05) is 5.32 Å². The Kier molecular flexibility index (Phi) is 9.07. The molecule has 31 heavy (non-hydrogen) atoms. The first-order valence-electron chi connectivity index (χ1n) is 10.9. The van der Waals surface area contributed by atoms with Crippen molar-refractivity contribution in [1.29, 1.82) is 0 Å². The summed E-state index contributed by atoms with van der Waals surface area (Å²) in [5, 5.41) is 2.83. The molecule has 1 amide bonds. The number of ether oxygens (including phenoxy) is 1. The Morgan fingerprint density at radius 1 is 0.935 bits per heavy atom. The van der Waals surface area contributed by atoms with E-state index in [1.54, 1.807) is 12.1 Å². The van der Waals surface area contributed by atoms with Gasteiger partial charge in [-0.05, 0) is 68.0 Å². The first-order chi connectivity index (χ1) is 14.7. The predicted octanol–water partition coefficient (Wildman–Crippen LogP) is 5.07. The minimum absolute atomic E-state index is 0.148. The highest BCUT2D eigenvalue weighted by Gasteiger charge is 2.22. The highest BCUT2D eigenvalue weighted by Crippen LogP contribution is 2.29. The van der Waals surface area contributed by atoms with E-state index < -0.39 is 16.1 Å². The van der Waals surface area contributed by atoms with Crippen molar-refractivity contribution < 1.29 is 17.9 Å². The van der Waals surface area contributed by atoms with Gasteiger partial charge in [-0.3, -0.25) is 4.79 Å². The molecule has 0 fully saturated rings. The molecule has 6 nitrogen and oxygen atoms in total. The summed E-state index contributed by atoms with van der Waals surface area (Å²) < 4.78 is 33.5. The number of nitrogens with one attached hydrogen (secondary N) is 2. The summed E-state index contributed by atoms with van der Waals surface area (Å²) in [5.41, 5.74) is 1.60. The van der Waals surface area contributed by atoms with Gasteiger partial charge in [0.25, 0.3) is 5.91 Å². The van der Waals surface area contributed by atoms with Crippen LogP contribution in [0.2, 0.25) is 0 Å². The van der Waals surface area contributed by atoms with Crippen LogP contribution in [-0.4, -0.2) is 26.5 Å². The normalized spacial score (nSPS) is 14.5. The van der Waals surface area contributed by atoms with Crippen LogP contribution in [0.3, 0.4) is 0 Å². The maximum atomic E-state index is 12.8. The third kappa shape index (κ3) is 6.80. The summed E-state index contributed by atoms with van der Waals surface area (Å²) in [6.07, 6.45) is 1.53. The van der Waals surface area contributed by atoms with Gasteiger partial charge in [0.15, 0.2) is 6.10 Å². The van der Waals surface area contributed by atoms with E-state index in [0.29, 0.717) is 24.4 Å². The number of carbonyl (C=O) groups is 1. The van der Waals surface area contributed by atoms with Crippen LogP contribution < -0.4 is 14.8 Å². The second-order valence-corrected chi connectivity index (χ2v) is 9.52. The van der Waals surface area contributed by atoms with E-state index in [2.05, 4.69) is 23.9 Å². The molecule has 0 saturated carbocycles. The largest absolute Gasteiger partial charge is 0.480 e. The summed E-state index contributed by atoms with van der Waals surface area (Å²) in [7, 11) is -3.58. The first kappa shape index (κ1) is 24.9. The van der Waals surface area contributed by atoms with Crippen molar-refractivity contribution in [1.82, 2.24) is 4.72 Å². The van der Waals surface area contributed by atoms with Crippen LogP contribution >= 0.6 is 0 Å². The quantitative estimate of drug-likeness (QED) is 0.504. The minimum atomic E-state index is -3.58. The summed E-state index contributed by atoms with van der Waals surface area (Å²) in [4.78, 5) is 13.0. The summed E-state index contributed by atoms with van der Waals surface area (Å²) in [6.45, 7) is 9.88. The number of hydrogen-bond donors (Lipinski definition) is 2. The molecule has 0 spiro atoms. The molecule has 0 aliphatic carbocycles. The minimum Gasteiger partial charge on any atom is -0.480 e. The second kappa shape index (κ2) is 11.3. The fourth-order valence-corrected chi connectivity index (χ4v) is 4.37. The zero-order valence-corrected chi connectivity index (χ0v) is 19.8. The maximum Gasteiger partial charge on any atom is 0.265 e. The summed E-state index contributed by atoms with van der Waals surface area (Å²) >= 11 is 0. The van der Waals surface area contributed by atoms with Crippen molar-refractivity contribution in [3.8, 4) is 5.75 Å². The number of para-hydroxylation sites is 1. The molecule has 0 bridgehead atoms. The lowest BCUT2D eigenvalue weighted by Gasteiger charge is -2.21. The molecule has 2 N–H and O–H groups in total. The van der Waals surface area contributed by atoms with Gasteiger partial charge in [0.2, 0.25) is 10.0 Å². The van der Waals surface area contributed by atoms with Gasteiger partial charge in [0, 0.05) is 11.7 Å². The van der Waals surface area contributed by atoms with Crippen LogP contribution in [0.5, 0.6) is 5.75 Å².